The summed E-state index contributed by atoms with van der Waals surface area (Å²) in [5, 5.41) is 20.9. The summed E-state index contributed by atoms with van der Waals surface area (Å²) in [5.41, 5.74) is 4.59. The van der Waals surface area contributed by atoms with Gasteiger partial charge in [0, 0.05) is 25.5 Å². The lowest BCUT2D eigenvalue weighted by molar-refractivity contribution is -0.161. The third-order valence-corrected chi connectivity index (χ3v) is 16.2. The number of anilines is 1. The van der Waals surface area contributed by atoms with Gasteiger partial charge in [-0.3, -0.25) is 28.0 Å². The number of aliphatic hydroxyl groups excluding tert-OH is 2. The number of hydrogen-bond donors (Lipinski definition) is 5. The number of nitrogens with zero attached hydrogens (tertiary/aromatic N) is 2. The van der Waals surface area contributed by atoms with Gasteiger partial charge < -0.3 is 39.9 Å². The van der Waals surface area contributed by atoms with E-state index in [2.05, 4.69) is 36.1 Å². The minimum atomic E-state index is -5.45. The molecule has 0 aromatic carbocycles. The number of nitrogen functional groups attached to an aromatic ring is 1. The van der Waals surface area contributed by atoms with E-state index in [1.807, 2.05) is 6.08 Å². The number of ketones is 1. The van der Waals surface area contributed by atoms with Crippen molar-refractivity contribution in [3.8, 4) is 0 Å². The minimum absolute atomic E-state index is 0.0297. The number of unbranched alkanes of at least 4 members (excludes halogenated alkanes) is 24. The fraction of sp³-hybridized carbons (Fsp3) is 0.800. The zero-order valence-corrected chi connectivity index (χ0v) is 48.0. The summed E-state index contributed by atoms with van der Waals surface area (Å²) in [4.78, 5) is 74.2. The first-order chi connectivity index (χ1) is 36.5. The van der Waals surface area contributed by atoms with E-state index in [0.717, 1.165) is 74.5 Å². The van der Waals surface area contributed by atoms with Crippen LogP contribution in [0.5, 0.6) is 0 Å². The summed E-state index contributed by atoms with van der Waals surface area (Å²) in [7, 11) is -10.9. The molecular weight excluding hydrogens is 1020 g/mol. The summed E-state index contributed by atoms with van der Waals surface area (Å²) < 4.78 is 56.9. The van der Waals surface area contributed by atoms with Crippen molar-refractivity contribution in [2.24, 2.45) is 5.92 Å². The third kappa shape index (κ3) is 34.0. The SMILES string of the molecule is CCCCC/C=C\C=C\C(=O)CCCCCCCC(=O)OC[C@H](COP(=O)(O)OP(=O)(O)OC[C@H]1O[C@@H](n2ccc(N)nc2=O)[C@H](O)[C@@H]1O)OC(=O)CCCCCCCCCCCCCCCCCCCCC(C)CC. The summed E-state index contributed by atoms with van der Waals surface area (Å²) >= 11 is 0. The molecule has 1 fully saturated rings. The molecule has 21 heteroatoms. The quantitative estimate of drug-likeness (QED) is 0.0133. The number of rotatable bonds is 48. The minimum Gasteiger partial charge on any atom is -0.462 e. The molecule has 438 valence electrons. The Morgan fingerprint density at radius 1 is 0.711 bits per heavy atom. The highest BCUT2D eigenvalue weighted by Gasteiger charge is 2.46. The lowest BCUT2D eigenvalue weighted by Gasteiger charge is -2.21. The first kappa shape index (κ1) is 69.0. The van der Waals surface area contributed by atoms with Gasteiger partial charge in [0.2, 0.25) is 0 Å². The second-order valence-corrected chi connectivity index (χ2v) is 23.5. The molecule has 1 saturated heterocycles. The second kappa shape index (κ2) is 41.9. The van der Waals surface area contributed by atoms with Gasteiger partial charge in [-0.2, -0.15) is 9.29 Å². The molecule has 3 unspecified atom stereocenters. The van der Waals surface area contributed by atoms with Crippen LogP contribution in [0.1, 0.15) is 232 Å². The van der Waals surface area contributed by atoms with Crippen molar-refractivity contribution >= 4 is 39.2 Å². The maximum atomic E-state index is 12.9. The van der Waals surface area contributed by atoms with Crippen LogP contribution in [0, 0.1) is 5.92 Å². The number of carbonyl (C=O) groups is 3. The number of carbonyl (C=O) groups excluding carboxylic acids is 3. The van der Waals surface area contributed by atoms with Crippen molar-refractivity contribution in [1.29, 1.82) is 0 Å². The topological polar surface area (TPSA) is 283 Å². The van der Waals surface area contributed by atoms with Gasteiger partial charge in [0.1, 0.15) is 30.7 Å². The maximum Gasteiger partial charge on any atom is 0.481 e. The van der Waals surface area contributed by atoms with Gasteiger partial charge >= 0.3 is 33.3 Å². The van der Waals surface area contributed by atoms with Gasteiger partial charge in [-0.15, -0.1) is 0 Å². The van der Waals surface area contributed by atoms with Crippen LogP contribution in [0.15, 0.2) is 41.4 Å². The highest BCUT2D eigenvalue weighted by Crippen LogP contribution is 2.60. The van der Waals surface area contributed by atoms with Crippen LogP contribution in [-0.4, -0.2) is 91.5 Å². The molecule has 8 atom stereocenters. The Morgan fingerprint density at radius 2 is 1.24 bits per heavy atom. The Hall–Kier alpha value is -3.09. The van der Waals surface area contributed by atoms with Crippen LogP contribution >= 0.6 is 15.6 Å². The van der Waals surface area contributed by atoms with E-state index in [1.54, 1.807) is 12.2 Å². The second-order valence-electron chi connectivity index (χ2n) is 20.4. The number of hydrogen-bond acceptors (Lipinski definition) is 16. The van der Waals surface area contributed by atoms with Gasteiger partial charge in [-0.1, -0.05) is 193 Å². The number of phosphoric acid groups is 2. The number of esters is 2. The Bertz CT molecular complexity index is 1950. The highest BCUT2D eigenvalue weighted by atomic mass is 31.3. The smallest absolute Gasteiger partial charge is 0.462 e. The van der Waals surface area contributed by atoms with Gasteiger partial charge in [0.15, 0.2) is 18.1 Å². The predicted octanol–water partition coefficient (Wildman–Crippen LogP) is 12.0. The van der Waals surface area contributed by atoms with E-state index in [4.69, 9.17) is 29.0 Å². The van der Waals surface area contributed by atoms with Crippen LogP contribution in [-0.2, 0) is 51.1 Å². The molecule has 19 nitrogen and oxygen atoms in total. The molecule has 1 aromatic rings. The fourth-order valence-electron chi connectivity index (χ4n) is 8.68. The van der Waals surface area contributed by atoms with E-state index >= 15 is 0 Å². The molecule has 0 bridgehead atoms. The standard InChI is InChI=1S/C55H97N3O16P2/c1-4-6-7-8-21-26-31-36-46(59)37-32-27-24-29-33-38-50(60)69-42-47(72-51(61)39-34-28-23-20-18-16-14-12-10-9-11-13-15-17-19-22-25-30-35-45(3)5-2)43-70-75(65,66)74-76(67,68)71-44-48-52(62)53(63)54(73-48)58-41-40-49(56)57-55(58)64/h21,26,31,36,40-41,45,47-48,52-54,62-63H,4-20,22-25,27-30,32-35,37-39,42-44H2,1-3H3,(H,65,66)(H,67,68)(H2,56,57,64)/b26-21-,36-31+/t45?,47-,48-,52-,53-,54-/m1/s1. The summed E-state index contributed by atoms with van der Waals surface area (Å²) in [6.45, 7) is 4.40. The van der Waals surface area contributed by atoms with E-state index in [-0.39, 0.29) is 24.4 Å². The summed E-state index contributed by atoms with van der Waals surface area (Å²) in [5.74, 6) is -0.452. The molecule has 76 heavy (non-hydrogen) atoms. The van der Waals surface area contributed by atoms with Crippen molar-refractivity contribution in [1.82, 2.24) is 9.55 Å². The number of phosphoric ester groups is 2. The first-order valence-corrected chi connectivity index (χ1v) is 31.7. The molecular formula is C55H97N3O16P2. The number of aliphatic hydroxyl groups is 2. The Morgan fingerprint density at radius 3 is 1.79 bits per heavy atom. The molecule has 1 aromatic heterocycles. The van der Waals surface area contributed by atoms with E-state index in [1.165, 1.54) is 115 Å². The zero-order valence-electron chi connectivity index (χ0n) is 46.2. The number of ether oxygens (including phenoxy) is 3. The Balaban J connectivity index is 1.76. The average Bonchev–Trinajstić information content (AvgIpc) is 3.66. The molecule has 1 aliphatic heterocycles. The van der Waals surface area contributed by atoms with Crippen LogP contribution in [0.4, 0.5) is 5.82 Å². The normalized spacial score (nSPS) is 19.2. The molecule has 0 saturated carbocycles. The highest BCUT2D eigenvalue weighted by molar-refractivity contribution is 7.61. The van der Waals surface area contributed by atoms with Crippen LogP contribution in [0.3, 0.4) is 0 Å². The lowest BCUT2D eigenvalue weighted by Crippen LogP contribution is -2.36. The molecule has 0 aliphatic carbocycles. The molecule has 2 rings (SSSR count). The molecule has 2 heterocycles. The van der Waals surface area contributed by atoms with E-state index in [0.29, 0.717) is 25.7 Å². The molecule has 0 radical (unpaired) electrons. The van der Waals surface area contributed by atoms with Crippen molar-refractivity contribution in [3.63, 3.8) is 0 Å². The number of nitrogens with two attached hydrogens (primary N) is 1. The Labute approximate surface area is 453 Å². The average molecular weight is 1120 g/mol. The van der Waals surface area contributed by atoms with Gasteiger partial charge in [0.05, 0.1) is 13.2 Å². The van der Waals surface area contributed by atoms with E-state index in [9.17, 15) is 48.3 Å². The fourth-order valence-corrected chi connectivity index (χ4v) is 10.8. The first-order valence-electron chi connectivity index (χ1n) is 28.7. The van der Waals surface area contributed by atoms with Crippen LogP contribution in [0.2, 0.25) is 0 Å². The molecule has 1 aliphatic rings. The zero-order chi connectivity index (χ0) is 55.9. The van der Waals surface area contributed by atoms with Crippen molar-refractivity contribution in [2.45, 2.75) is 257 Å². The number of allylic oxidation sites excluding steroid dienone is 4. The van der Waals surface area contributed by atoms with Crippen molar-refractivity contribution < 1.29 is 71.1 Å². The predicted molar refractivity (Wildman–Crippen MR) is 294 cm³/mol. The molecule has 0 spiro atoms. The maximum absolute atomic E-state index is 12.9. The molecule has 0 amide bonds. The largest absolute Gasteiger partial charge is 0.481 e. The molecule has 6 N–H and O–H groups in total. The Kier molecular flexibility index (Phi) is 38.0. The van der Waals surface area contributed by atoms with Crippen molar-refractivity contribution in [2.75, 3.05) is 25.6 Å². The monoisotopic (exact) mass is 1120 g/mol. The van der Waals surface area contributed by atoms with E-state index < -0.39 is 83.7 Å². The lowest BCUT2D eigenvalue weighted by atomic mass is 9.99. The summed E-state index contributed by atoms with van der Waals surface area (Å²) in [6.07, 6.45) is 33.5. The number of aromatic nitrogens is 2. The summed E-state index contributed by atoms with van der Waals surface area (Å²) in [6, 6.07) is 1.24. The van der Waals surface area contributed by atoms with Crippen molar-refractivity contribution in [3.05, 3.63) is 47.1 Å². The van der Waals surface area contributed by atoms with Crippen LogP contribution in [0.25, 0.3) is 0 Å². The van der Waals surface area contributed by atoms with Crippen LogP contribution < -0.4 is 11.4 Å². The van der Waals surface area contributed by atoms with Gasteiger partial charge in [-0.05, 0) is 50.2 Å². The van der Waals surface area contributed by atoms with Gasteiger partial charge in [0.25, 0.3) is 0 Å². The van der Waals surface area contributed by atoms with Gasteiger partial charge in [-0.25, -0.2) is 13.9 Å². The third-order valence-electron chi connectivity index (χ3n) is 13.6.